The van der Waals surface area contributed by atoms with Gasteiger partial charge in [0, 0.05) is 11.1 Å². The number of rotatable bonds is 2. The number of aliphatic carboxylic acids is 1. The van der Waals surface area contributed by atoms with Gasteiger partial charge in [-0.3, -0.25) is 0 Å². The van der Waals surface area contributed by atoms with Crippen molar-refractivity contribution in [3.8, 4) is 0 Å². The summed E-state index contributed by atoms with van der Waals surface area (Å²) >= 11 is 0. The van der Waals surface area contributed by atoms with Crippen molar-refractivity contribution in [1.29, 1.82) is 0 Å². The molecule has 0 heterocycles. The molecule has 0 aliphatic heterocycles. The standard InChI is InChI=1S/C7H8O4/c1-11-7(10)5-3-2-4(5)6(8)9/h2-3H2,1H3,(H,8,9). The average molecular weight is 156 g/mol. The molecule has 4 heteroatoms. The summed E-state index contributed by atoms with van der Waals surface area (Å²) in [6.07, 6.45) is 0.994. The van der Waals surface area contributed by atoms with Crippen LogP contribution in [-0.2, 0) is 14.3 Å². The van der Waals surface area contributed by atoms with E-state index in [-0.39, 0.29) is 5.57 Å². The van der Waals surface area contributed by atoms with Crippen molar-refractivity contribution in [3.63, 3.8) is 0 Å². The van der Waals surface area contributed by atoms with E-state index in [1.165, 1.54) is 7.11 Å². The Kier molecular flexibility index (Phi) is 1.94. The fourth-order valence-corrected chi connectivity index (χ4v) is 0.959. The highest BCUT2D eigenvalue weighted by atomic mass is 16.5. The summed E-state index contributed by atoms with van der Waals surface area (Å²) in [6.45, 7) is 0. The third kappa shape index (κ3) is 1.24. The highest BCUT2D eigenvalue weighted by molar-refractivity contribution is 6.02. The Balaban J connectivity index is 2.81. The lowest BCUT2D eigenvalue weighted by Gasteiger charge is -2.17. The zero-order valence-corrected chi connectivity index (χ0v) is 6.09. The Morgan fingerprint density at radius 1 is 1.36 bits per heavy atom. The largest absolute Gasteiger partial charge is 0.478 e. The highest BCUT2D eigenvalue weighted by Crippen LogP contribution is 2.28. The smallest absolute Gasteiger partial charge is 0.334 e. The third-order valence-electron chi connectivity index (χ3n) is 1.68. The normalized spacial score (nSPS) is 15.7. The van der Waals surface area contributed by atoms with Crippen LogP contribution >= 0.6 is 0 Å². The van der Waals surface area contributed by atoms with E-state index in [1.54, 1.807) is 0 Å². The van der Waals surface area contributed by atoms with Gasteiger partial charge in [0.2, 0.25) is 0 Å². The fraction of sp³-hybridized carbons (Fsp3) is 0.429. The lowest BCUT2D eigenvalue weighted by Crippen LogP contribution is -2.20. The van der Waals surface area contributed by atoms with Crippen LogP contribution in [0.15, 0.2) is 11.1 Å². The molecule has 0 amide bonds. The molecule has 0 saturated heterocycles. The van der Waals surface area contributed by atoms with Gasteiger partial charge in [0.05, 0.1) is 7.11 Å². The van der Waals surface area contributed by atoms with E-state index in [0.717, 1.165) is 0 Å². The van der Waals surface area contributed by atoms with Crippen LogP contribution in [0.3, 0.4) is 0 Å². The minimum absolute atomic E-state index is 0.192. The first-order chi connectivity index (χ1) is 5.16. The van der Waals surface area contributed by atoms with E-state index in [9.17, 15) is 9.59 Å². The van der Waals surface area contributed by atoms with Crippen LogP contribution in [0.2, 0.25) is 0 Å². The van der Waals surface area contributed by atoms with Gasteiger partial charge >= 0.3 is 11.9 Å². The molecule has 0 bridgehead atoms. The Labute approximate surface area is 63.5 Å². The van der Waals surface area contributed by atoms with E-state index in [4.69, 9.17) is 5.11 Å². The molecule has 11 heavy (non-hydrogen) atoms. The van der Waals surface area contributed by atoms with E-state index in [0.29, 0.717) is 18.4 Å². The fourth-order valence-electron chi connectivity index (χ4n) is 0.959. The first-order valence-corrected chi connectivity index (χ1v) is 3.20. The van der Waals surface area contributed by atoms with Gasteiger partial charge in [0.1, 0.15) is 0 Å². The molecule has 1 aliphatic carbocycles. The van der Waals surface area contributed by atoms with E-state index >= 15 is 0 Å². The second-order valence-electron chi connectivity index (χ2n) is 2.25. The molecule has 0 radical (unpaired) electrons. The number of esters is 1. The number of methoxy groups -OCH3 is 1. The van der Waals surface area contributed by atoms with Crippen LogP contribution < -0.4 is 0 Å². The molecule has 0 spiro atoms. The molecule has 1 aliphatic rings. The second-order valence-corrected chi connectivity index (χ2v) is 2.25. The van der Waals surface area contributed by atoms with Gasteiger partial charge in [-0.2, -0.15) is 0 Å². The zero-order chi connectivity index (χ0) is 8.43. The maximum Gasteiger partial charge on any atom is 0.334 e. The van der Waals surface area contributed by atoms with Crippen molar-refractivity contribution < 1.29 is 19.4 Å². The number of carboxylic acids is 1. The first-order valence-electron chi connectivity index (χ1n) is 3.20. The van der Waals surface area contributed by atoms with Crippen LogP contribution in [0.5, 0.6) is 0 Å². The summed E-state index contributed by atoms with van der Waals surface area (Å²) < 4.78 is 4.37. The minimum Gasteiger partial charge on any atom is -0.478 e. The van der Waals surface area contributed by atoms with Crippen LogP contribution in [0.4, 0.5) is 0 Å². The molecule has 0 aromatic carbocycles. The number of hydrogen-bond acceptors (Lipinski definition) is 3. The summed E-state index contributed by atoms with van der Waals surface area (Å²) in [7, 11) is 1.24. The number of carbonyl (C=O) groups excluding carboxylic acids is 1. The first kappa shape index (κ1) is 7.78. The molecule has 0 saturated carbocycles. The van der Waals surface area contributed by atoms with Crippen molar-refractivity contribution in [1.82, 2.24) is 0 Å². The third-order valence-corrected chi connectivity index (χ3v) is 1.68. The number of ether oxygens (including phenoxy) is 1. The minimum atomic E-state index is -1.02. The monoisotopic (exact) mass is 156 g/mol. The molecule has 0 aromatic heterocycles. The van der Waals surface area contributed by atoms with Gasteiger partial charge in [0.15, 0.2) is 0 Å². The van der Waals surface area contributed by atoms with Gasteiger partial charge in [-0.1, -0.05) is 0 Å². The molecular formula is C7H8O4. The lowest BCUT2D eigenvalue weighted by molar-refractivity contribution is -0.139. The maximum absolute atomic E-state index is 10.8. The topological polar surface area (TPSA) is 63.6 Å². The van der Waals surface area contributed by atoms with Crippen LogP contribution in [0.25, 0.3) is 0 Å². The van der Waals surface area contributed by atoms with Crippen LogP contribution in [0.1, 0.15) is 12.8 Å². The van der Waals surface area contributed by atoms with Gasteiger partial charge in [0.25, 0.3) is 0 Å². The van der Waals surface area contributed by atoms with Crippen LogP contribution in [0, 0.1) is 0 Å². The van der Waals surface area contributed by atoms with Gasteiger partial charge in [-0.25, -0.2) is 9.59 Å². The van der Waals surface area contributed by atoms with Crippen molar-refractivity contribution in [2.75, 3.05) is 7.11 Å². The second kappa shape index (κ2) is 2.74. The van der Waals surface area contributed by atoms with Gasteiger partial charge in [-0.05, 0) is 12.8 Å². The summed E-state index contributed by atoms with van der Waals surface area (Å²) in [5.41, 5.74) is 0.497. The van der Waals surface area contributed by atoms with Crippen molar-refractivity contribution in [2.24, 2.45) is 0 Å². The Morgan fingerprint density at radius 2 is 1.91 bits per heavy atom. The molecule has 60 valence electrons. The summed E-state index contributed by atoms with van der Waals surface area (Å²) in [5, 5.41) is 8.48. The number of carboxylic acid groups (broad SMARTS) is 1. The SMILES string of the molecule is COC(=O)C1=C(C(=O)O)CC1. The molecule has 1 N–H and O–H groups in total. The predicted molar refractivity (Wildman–Crippen MR) is 35.9 cm³/mol. The molecule has 0 atom stereocenters. The summed E-state index contributed by atoms with van der Waals surface area (Å²) in [6, 6.07) is 0. The molecule has 0 fully saturated rings. The number of carbonyl (C=O) groups is 2. The van der Waals surface area contributed by atoms with E-state index in [1.807, 2.05) is 0 Å². The molecule has 1 rings (SSSR count). The van der Waals surface area contributed by atoms with Crippen molar-refractivity contribution >= 4 is 11.9 Å². The summed E-state index contributed by atoms with van der Waals surface area (Å²) in [4.78, 5) is 21.1. The van der Waals surface area contributed by atoms with E-state index in [2.05, 4.69) is 4.74 Å². The predicted octanol–water partition coefficient (Wildman–Crippen LogP) is 0.334. The van der Waals surface area contributed by atoms with Crippen molar-refractivity contribution in [2.45, 2.75) is 12.8 Å². The maximum atomic E-state index is 10.8. The zero-order valence-electron chi connectivity index (χ0n) is 6.09. The Hall–Kier alpha value is -1.32. The summed E-state index contributed by atoms with van der Waals surface area (Å²) in [5.74, 6) is -1.54. The molecule has 4 nitrogen and oxygen atoms in total. The number of hydrogen-bond donors (Lipinski definition) is 1. The molecule has 0 aromatic rings. The lowest BCUT2D eigenvalue weighted by atomic mass is 9.88. The van der Waals surface area contributed by atoms with E-state index < -0.39 is 11.9 Å². The Bertz CT molecular complexity index is 239. The quantitative estimate of drug-likeness (QED) is 0.585. The van der Waals surface area contributed by atoms with Crippen LogP contribution in [-0.4, -0.2) is 24.2 Å². The van der Waals surface area contributed by atoms with Gasteiger partial charge < -0.3 is 9.84 Å². The highest BCUT2D eigenvalue weighted by Gasteiger charge is 2.28. The van der Waals surface area contributed by atoms with Gasteiger partial charge in [-0.15, -0.1) is 0 Å². The average Bonchev–Trinajstić information content (AvgIpc) is 1.83. The molecule has 0 unspecified atom stereocenters. The Morgan fingerprint density at radius 3 is 2.18 bits per heavy atom. The molecular weight excluding hydrogens is 148 g/mol. The van der Waals surface area contributed by atoms with Crippen molar-refractivity contribution in [3.05, 3.63) is 11.1 Å².